The van der Waals surface area contributed by atoms with E-state index in [0.717, 1.165) is 24.3 Å². The van der Waals surface area contributed by atoms with Crippen LogP contribution < -0.4 is 10.1 Å². The Kier molecular flexibility index (Phi) is 5.92. The zero-order valence-corrected chi connectivity index (χ0v) is 13.7. The van der Waals surface area contributed by atoms with Crippen LogP contribution in [-0.2, 0) is 6.42 Å². The van der Waals surface area contributed by atoms with E-state index in [2.05, 4.69) is 24.4 Å². The van der Waals surface area contributed by atoms with Crippen molar-refractivity contribution < 1.29 is 4.74 Å². The number of benzene rings is 2. The second-order valence-electron chi connectivity index (χ2n) is 4.84. The first kappa shape index (κ1) is 16.2. The number of rotatable bonds is 6. The van der Waals surface area contributed by atoms with Gasteiger partial charge in [0.2, 0.25) is 0 Å². The number of hydrogen-bond donors (Lipinski definition) is 1. The molecule has 1 atom stereocenters. The maximum atomic E-state index is 6.12. The van der Waals surface area contributed by atoms with Crippen molar-refractivity contribution in [1.29, 1.82) is 0 Å². The highest BCUT2D eigenvalue weighted by atomic mass is 35.5. The predicted octanol–water partition coefficient (Wildman–Crippen LogP) is 4.90. The van der Waals surface area contributed by atoms with Gasteiger partial charge in [-0.15, -0.1) is 0 Å². The molecule has 2 aromatic rings. The van der Waals surface area contributed by atoms with Gasteiger partial charge in [0, 0.05) is 6.04 Å². The molecule has 0 aliphatic heterocycles. The molecule has 1 unspecified atom stereocenters. The van der Waals surface area contributed by atoms with Gasteiger partial charge < -0.3 is 10.1 Å². The van der Waals surface area contributed by atoms with Crippen LogP contribution in [0.2, 0.25) is 10.0 Å². The first-order chi connectivity index (χ1) is 10.1. The number of methoxy groups -OCH3 is 1. The Morgan fingerprint density at radius 2 is 1.76 bits per heavy atom. The summed E-state index contributed by atoms with van der Waals surface area (Å²) in [6.07, 6.45) is 0.885. The molecule has 2 rings (SSSR count). The summed E-state index contributed by atoms with van der Waals surface area (Å²) >= 11 is 12.1. The highest BCUT2D eigenvalue weighted by Gasteiger charge is 2.12. The summed E-state index contributed by atoms with van der Waals surface area (Å²) < 4.78 is 5.19. The van der Waals surface area contributed by atoms with Gasteiger partial charge in [0.1, 0.15) is 5.75 Å². The Labute approximate surface area is 136 Å². The van der Waals surface area contributed by atoms with Crippen molar-refractivity contribution in [1.82, 2.24) is 5.32 Å². The lowest BCUT2D eigenvalue weighted by Crippen LogP contribution is -2.23. The summed E-state index contributed by atoms with van der Waals surface area (Å²) in [4.78, 5) is 0. The number of hydrogen-bond acceptors (Lipinski definition) is 2. The van der Waals surface area contributed by atoms with E-state index in [4.69, 9.17) is 27.9 Å². The molecule has 0 aromatic heterocycles. The molecule has 0 aliphatic rings. The average molecular weight is 324 g/mol. The van der Waals surface area contributed by atoms with Crippen LogP contribution in [0, 0.1) is 0 Å². The van der Waals surface area contributed by atoms with E-state index in [0.29, 0.717) is 10.0 Å². The summed E-state index contributed by atoms with van der Waals surface area (Å²) in [7, 11) is 1.67. The third-order valence-corrected chi connectivity index (χ3v) is 4.13. The fourth-order valence-corrected chi connectivity index (χ4v) is 2.59. The van der Waals surface area contributed by atoms with E-state index < -0.39 is 0 Å². The fourth-order valence-electron chi connectivity index (χ4n) is 2.28. The molecule has 4 heteroatoms. The fraction of sp³-hybridized carbons (Fsp3) is 0.294. The summed E-state index contributed by atoms with van der Waals surface area (Å²) in [5.41, 5.74) is 2.38. The molecule has 0 spiro atoms. The largest absolute Gasteiger partial charge is 0.497 e. The average Bonchev–Trinajstić information content (AvgIpc) is 2.50. The van der Waals surface area contributed by atoms with Gasteiger partial charge in [0.05, 0.1) is 17.2 Å². The van der Waals surface area contributed by atoms with E-state index in [1.54, 1.807) is 7.11 Å². The van der Waals surface area contributed by atoms with Crippen LogP contribution in [0.15, 0.2) is 42.5 Å². The van der Waals surface area contributed by atoms with Crippen molar-refractivity contribution in [2.24, 2.45) is 0 Å². The maximum Gasteiger partial charge on any atom is 0.118 e. The lowest BCUT2D eigenvalue weighted by molar-refractivity contribution is 0.414. The van der Waals surface area contributed by atoms with Crippen molar-refractivity contribution in [3.63, 3.8) is 0 Å². The Balaban J connectivity index is 2.19. The van der Waals surface area contributed by atoms with Gasteiger partial charge in [0.15, 0.2) is 0 Å². The first-order valence-electron chi connectivity index (χ1n) is 6.95. The molecule has 0 radical (unpaired) electrons. The molecule has 112 valence electrons. The molecule has 1 N–H and O–H groups in total. The zero-order valence-electron chi connectivity index (χ0n) is 12.2. The van der Waals surface area contributed by atoms with Gasteiger partial charge in [-0.1, -0.05) is 48.3 Å². The lowest BCUT2D eigenvalue weighted by atomic mass is 9.98. The minimum absolute atomic E-state index is 0.207. The first-order valence-corrected chi connectivity index (χ1v) is 7.71. The number of likely N-dealkylation sites (N-methyl/N-ethyl adjacent to an activating group) is 1. The van der Waals surface area contributed by atoms with E-state index >= 15 is 0 Å². The zero-order chi connectivity index (χ0) is 15.2. The van der Waals surface area contributed by atoms with E-state index in [-0.39, 0.29) is 6.04 Å². The second kappa shape index (κ2) is 7.69. The van der Waals surface area contributed by atoms with E-state index in [1.165, 1.54) is 5.56 Å². The van der Waals surface area contributed by atoms with Gasteiger partial charge in [-0.2, -0.15) is 0 Å². The molecule has 0 saturated heterocycles. The normalized spacial score (nSPS) is 12.2. The minimum atomic E-state index is 0.207. The van der Waals surface area contributed by atoms with Crippen LogP contribution >= 0.6 is 23.2 Å². The van der Waals surface area contributed by atoms with Gasteiger partial charge >= 0.3 is 0 Å². The molecule has 0 amide bonds. The molecule has 0 aliphatic carbocycles. The summed E-state index contributed by atoms with van der Waals surface area (Å²) in [6, 6.07) is 14.1. The maximum absolute atomic E-state index is 6.12. The smallest absolute Gasteiger partial charge is 0.118 e. The van der Waals surface area contributed by atoms with Crippen LogP contribution in [0.1, 0.15) is 24.1 Å². The molecule has 0 bridgehead atoms. The molecular weight excluding hydrogens is 305 g/mol. The van der Waals surface area contributed by atoms with Crippen LogP contribution in [-0.4, -0.2) is 13.7 Å². The van der Waals surface area contributed by atoms with Crippen molar-refractivity contribution in [2.45, 2.75) is 19.4 Å². The predicted molar refractivity (Wildman–Crippen MR) is 89.6 cm³/mol. The van der Waals surface area contributed by atoms with Crippen molar-refractivity contribution >= 4 is 23.2 Å². The van der Waals surface area contributed by atoms with E-state index in [9.17, 15) is 0 Å². The molecule has 2 aromatic carbocycles. The standard InChI is InChI=1S/C17H19Cl2NO/c1-3-20-17(13-6-9-15(18)16(19)11-13)10-12-4-7-14(21-2)8-5-12/h4-9,11,17,20H,3,10H2,1-2H3. The number of halogens is 2. The third-order valence-electron chi connectivity index (χ3n) is 3.40. The lowest BCUT2D eigenvalue weighted by Gasteiger charge is -2.19. The Morgan fingerprint density at radius 3 is 2.33 bits per heavy atom. The van der Waals surface area contributed by atoms with Crippen LogP contribution in [0.25, 0.3) is 0 Å². The van der Waals surface area contributed by atoms with Gasteiger partial charge in [-0.25, -0.2) is 0 Å². The summed E-state index contributed by atoms with van der Waals surface area (Å²) in [6.45, 7) is 2.99. The SMILES string of the molecule is CCNC(Cc1ccc(OC)cc1)c1ccc(Cl)c(Cl)c1. The number of nitrogens with one attached hydrogen (secondary N) is 1. The van der Waals surface area contributed by atoms with E-state index in [1.807, 2.05) is 30.3 Å². The van der Waals surface area contributed by atoms with Crippen LogP contribution in [0.5, 0.6) is 5.75 Å². The Bertz CT molecular complexity index is 584. The second-order valence-corrected chi connectivity index (χ2v) is 5.65. The van der Waals surface area contributed by atoms with Crippen molar-refractivity contribution in [2.75, 3.05) is 13.7 Å². The minimum Gasteiger partial charge on any atom is -0.497 e. The molecule has 0 heterocycles. The molecule has 0 fully saturated rings. The Morgan fingerprint density at radius 1 is 1.05 bits per heavy atom. The quantitative estimate of drug-likeness (QED) is 0.816. The highest BCUT2D eigenvalue weighted by Crippen LogP contribution is 2.27. The van der Waals surface area contributed by atoms with Crippen molar-refractivity contribution in [3.05, 3.63) is 63.6 Å². The van der Waals surface area contributed by atoms with Crippen LogP contribution in [0.4, 0.5) is 0 Å². The summed E-state index contributed by atoms with van der Waals surface area (Å²) in [5, 5.41) is 4.66. The van der Waals surface area contributed by atoms with Crippen LogP contribution in [0.3, 0.4) is 0 Å². The number of ether oxygens (including phenoxy) is 1. The third kappa shape index (κ3) is 4.37. The molecular formula is C17H19Cl2NO. The van der Waals surface area contributed by atoms with Gasteiger partial charge in [0.25, 0.3) is 0 Å². The Hall–Kier alpha value is -1.22. The van der Waals surface area contributed by atoms with Crippen molar-refractivity contribution in [3.8, 4) is 5.75 Å². The molecule has 21 heavy (non-hydrogen) atoms. The monoisotopic (exact) mass is 323 g/mol. The van der Waals surface area contributed by atoms with Gasteiger partial charge in [-0.05, 0) is 48.4 Å². The highest BCUT2D eigenvalue weighted by molar-refractivity contribution is 6.42. The molecule has 0 saturated carbocycles. The topological polar surface area (TPSA) is 21.3 Å². The molecule has 2 nitrogen and oxygen atoms in total. The van der Waals surface area contributed by atoms with Gasteiger partial charge in [-0.3, -0.25) is 0 Å². The summed E-state index contributed by atoms with van der Waals surface area (Å²) in [5.74, 6) is 0.869.